The molecule has 0 atom stereocenters. The predicted octanol–water partition coefficient (Wildman–Crippen LogP) is 4.58. The van der Waals surface area contributed by atoms with Gasteiger partial charge in [0, 0.05) is 31.2 Å². The van der Waals surface area contributed by atoms with Crippen molar-refractivity contribution in [1.29, 1.82) is 5.26 Å². The van der Waals surface area contributed by atoms with E-state index in [9.17, 15) is 9.59 Å². The number of carbonyl (C=O) groups is 1. The van der Waals surface area contributed by atoms with E-state index in [4.69, 9.17) is 14.8 Å². The monoisotopic (exact) mass is 414 g/mol. The summed E-state index contributed by atoms with van der Waals surface area (Å²) in [6.45, 7) is 2.00. The second kappa shape index (κ2) is 9.14. The minimum atomic E-state index is -1.26. The number of rotatable bonds is 6. The zero-order chi connectivity index (χ0) is 22.5. The number of nitriles is 1. The lowest BCUT2D eigenvalue weighted by Crippen LogP contribution is -2.10. The van der Waals surface area contributed by atoms with Gasteiger partial charge in [-0.15, -0.1) is 0 Å². The molecular formula is C25H22N2O4. The number of hydrogen-bond acceptors (Lipinski definition) is 5. The smallest absolute Gasteiger partial charge is 0.346 e. The Morgan fingerprint density at radius 3 is 2.39 bits per heavy atom. The lowest BCUT2D eigenvalue weighted by atomic mass is 10.0. The molecule has 156 valence electrons. The summed E-state index contributed by atoms with van der Waals surface area (Å²) in [5.41, 5.74) is 3.66. The minimum absolute atomic E-state index is 0.331. The van der Waals surface area contributed by atoms with E-state index in [1.54, 1.807) is 42.5 Å². The van der Waals surface area contributed by atoms with Gasteiger partial charge in [-0.3, -0.25) is 0 Å². The van der Waals surface area contributed by atoms with Crippen LogP contribution in [0.5, 0.6) is 0 Å². The number of aliphatic carboxylic acids is 1. The summed E-state index contributed by atoms with van der Waals surface area (Å²) < 4.78 is 5.58. The molecule has 0 fully saturated rings. The Bertz CT molecular complexity index is 1290. The molecule has 1 N–H and O–H groups in total. The third-order valence-electron chi connectivity index (χ3n) is 4.95. The van der Waals surface area contributed by atoms with Gasteiger partial charge in [0.05, 0.1) is 5.56 Å². The highest BCUT2D eigenvalue weighted by molar-refractivity contribution is 5.96. The Labute approximate surface area is 180 Å². The number of hydrogen-bond donors (Lipinski definition) is 1. The number of benzene rings is 2. The van der Waals surface area contributed by atoms with Crippen LogP contribution in [0.25, 0.3) is 29.2 Å². The number of anilines is 1. The molecule has 6 heteroatoms. The van der Waals surface area contributed by atoms with Gasteiger partial charge in [-0.2, -0.15) is 5.26 Å². The van der Waals surface area contributed by atoms with Crippen LogP contribution in [0.2, 0.25) is 0 Å². The first-order valence-corrected chi connectivity index (χ1v) is 9.74. The molecule has 3 aromatic rings. The van der Waals surface area contributed by atoms with Crippen molar-refractivity contribution in [2.24, 2.45) is 0 Å². The van der Waals surface area contributed by atoms with Crippen LogP contribution in [0.1, 0.15) is 29.2 Å². The van der Waals surface area contributed by atoms with Crippen LogP contribution >= 0.6 is 0 Å². The number of fused-ring (bicyclic) bond motifs is 1. The van der Waals surface area contributed by atoms with Crippen molar-refractivity contribution in [3.63, 3.8) is 0 Å². The van der Waals surface area contributed by atoms with E-state index in [1.807, 2.05) is 44.1 Å². The first-order valence-electron chi connectivity index (χ1n) is 9.74. The summed E-state index contributed by atoms with van der Waals surface area (Å²) >= 11 is 0. The van der Waals surface area contributed by atoms with Gasteiger partial charge in [0.25, 0.3) is 0 Å². The Morgan fingerprint density at radius 1 is 1.13 bits per heavy atom. The van der Waals surface area contributed by atoms with Crippen LogP contribution < -0.4 is 10.5 Å². The summed E-state index contributed by atoms with van der Waals surface area (Å²) in [5, 5.41) is 18.7. The van der Waals surface area contributed by atoms with Crippen LogP contribution in [-0.4, -0.2) is 25.2 Å². The Kier molecular flexibility index (Phi) is 6.37. The number of aryl methyl sites for hydroxylation is 1. The van der Waals surface area contributed by atoms with Crippen LogP contribution in [0.3, 0.4) is 0 Å². The maximum atomic E-state index is 12.7. The van der Waals surface area contributed by atoms with Gasteiger partial charge < -0.3 is 14.4 Å². The molecule has 0 bridgehead atoms. The lowest BCUT2D eigenvalue weighted by Gasteiger charge is -2.14. The Hall–Kier alpha value is -4.11. The highest BCUT2D eigenvalue weighted by Crippen LogP contribution is 2.26. The molecule has 0 amide bonds. The van der Waals surface area contributed by atoms with Crippen molar-refractivity contribution in [1.82, 2.24) is 0 Å². The SMILES string of the molecule is CCc1c(/C=C/c2ccc(/C=C(/C#N)C(=O)O)cc2)c(=O)oc2cc(N(C)C)ccc12. The van der Waals surface area contributed by atoms with Gasteiger partial charge in [0.1, 0.15) is 17.2 Å². The maximum absolute atomic E-state index is 12.7. The van der Waals surface area contributed by atoms with Crippen LogP contribution in [0.4, 0.5) is 5.69 Å². The normalized spacial score (nSPS) is 11.6. The summed E-state index contributed by atoms with van der Waals surface area (Å²) in [7, 11) is 3.86. The Balaban J connectivity index is 1.97. The third kappa shape index (κ3) is 4.73. The Morgan fingerprint density at radius 2 is 1.81 bits per heavy atom. The van der Waals surface area contributed by atoms with Gasteiger partial charge in [-0.1, -0.05) is 37.3 Å². The topological polar surface area (TPSA) is 94.5 Å². The maximum Gasteiger partial charge on any atom is 0.346 e. The quantitative estimate of drug-likeness (QED) is 0.360. The fraction of sp³-hybridized carbons (Fsp3) is 0.160. The first-order chi connectivity index (χ1) is 14.8. The second-order valence-electron chi connectivity index (χ2n) is 7.19. The number of nitrogens with zero attached hydrogens (tertiary/aromatic N) is 2. The van der Waals surface area contributed by atoms with Crippen LogP contribution in [-0.2, 0) is 11.2 Å². The van der Waals surface area contributed by atoms with Crippen molar-refractivity contribution in [3.8, 4) is 6.07 Å². The van der Waals surface area contributed by atoms with Crippen molar-refractivity contribution in [2.45, 2.75) is 13.3 Å². The number of carboxylic acids is 1. The van der Waals surface area contributed by atoms with E-state index >= 15 is 0 Å². The van der Waals surface area contributed by atoms with E-state index < -0.39 is 11.6 Å². The van der Waals surface area contributed by atoms with E-state index in [1.165, 1.54) is 6.08 Å². The summed E-state index contributed by atoms with van der Waals surface area (Å²) in [6, 6.07) is 14.5. The molecule has 0 aliphatic heterocycles. The van der Waals surface area contributed by atoms with Crippen molar-refractivity contribution in [3.05, 3.63) is 80.7 Å². The van der Waals surface area contributed by atoms with Gasteiger partial charge in [-0.05, 0) is 47.4 Å². The van der Waals surface area contributed by atoms with Crippen molar-refractivity contribution >= 4 is 40.9 Å². The molecule has 6 nitrogen and oxygen atoms in total. The lowest BCUT2D eigenvalue weighted by molar-refractivity contribution is -0.132. The molecule has 0 unspecified atom stereocenters. The van der Waals surface area contributed by atoms with Crippen molar-refractivity contribution in [2.75, 3.05) is 19.0 Å². The highest BCUT2D eigenvalue weighted by atomic mass is 16.4. The zero-order valence-corrected chi connectivity index (χ0v) is 17.5. The van der Waals surface area contributed by atoms with Gasteiger partial charge in [-0.25, -0.2) is 9.59 Å². The highest BCUT2D eigenvalue weighted by Gasteiger charge is 2.12. The molecule has 0 aliphatic rings. The molecule has 0 saturated heterocycles. The molecule has 1 aromatic heterocycles. The molecule has 1 heterocycles. The molecule has 2 aromatic carbocycles. The van der Waals surface area contributed by atoms with E-state index in [0.717, 1.165) is 22.2 Å². The fourth-order valence-corrected chi connectivity index (χ4v) is 3.29. The summed E-state index contributed by atoms with van der Waals surface area (Å²) in [6.07, 6.45) is 5.54. The predicted molar refractivity (Wildman–Crippen MR) is 123 cm³/mol. The first kappa shape index (κ1) is 21.6. The van der Waals surface area contributed by atoms with E-state index in [2.05, 4.69) is 0 Å². The van der Waals surface area contributed by atoms with Crippen LogP contribution in [0, 0.1) is 11.3 Å². The van der Waals surface area contributed by atoms with Gasteiger partial charge >= 0.3 is 11.6 Å². The zero-order valence-electron chi connectivity index (χ0n) is 17.5. The van der Waals surface area contributed by atoms with Gasteiger partial charge in [0.2, 0.25) is 0 Å². The fourth-order valence-electron chi connectivity index (χ4n) is 3.29. The molecule has 0 spiro atoms. The minimum Gasteiger partial charge on any atom is -0.477 e. The number of carboxylic acid groups (broad SMARTS) is 1. The molecular weight excluding hydrogens is 392 g/mol. The summed E-state index contributed by atoms with van der Waals surface area (Å²) in [4.78, 5) is 25.6. The van der Waals surface area contributed by atoms with E-state index in [0.29, 0.717) is 23.1 Å². The molecule has 3 rings (SSSR count). The average molecular weight is 414 g/mol. The molecule has 31 heavy (non-hydrogen) atoms. The van der Waals surface area contributed by atoms with Crippen LogP contribution in [0.15, 0.2) is 57.2 Å². The molecule has 0 saturated carbocycles. The standard InChI is InChI=1S/C25H22N2O4/c1-4-20-21-12-10-19(27(2)3)14-23(21)31-25(30)22(20)11-9-16-5-7-17(8-6-16)13-18(15-26)24(28)29/h5-14H,4H2,1-3H3,(H,28,29)/b11-9+,18-13-. The van der Waals surface area contributed by atoms with Crippen molar-refractivity contribution < 1.29 is 14.3 Å². The van der Waals surface area contributed by atoms with E-state index in [-0.39, 0.29) is 5.57 Å². The molecule has 0 radical (unpaired) electrons. The second-order valence-corrected chi connectivity index (χ2v) is 7.19. The average Bonchev–Trinajstić information content (AvgIpc) is 2.75. The third-order valence-corrected chi connectivity index (χ3v) is 4.95. The summed E-state index contributed by atoms with van der Waals surface area (Å²) in [5.74, 6) is -1.26. The van der Waals surface area contributed by atoms with Gasteiger partial charge in [0.15, 0.2) is 0 Å². The largest absolute Gasteiger partial charge is 0.477 e. The molecule has 0 aliphatic carbocycles.